The van der Waals surface area contributed by atoms with Crippen LogP contribution in [0.3, 0.4) is 0 Å². The summed E-state index contributed by atoms with van der Waals surface area (Å²) in [5.74, 6) is 0.741. The molecule has 17 heavy (non-hydrogen) atoms. The first-order valence-corrected chi connectivity index (χ1v) is 6.76. The molecule has 0 aromatic heterocycles. The molecule has 0 aliphatic carbocycles. The van der Waals surface area contributed by atoms with Crippen LogP contribution in [0.4, 0.5) is 10.5 Å². The Hall–Kier alpha value is -1.03. The Kier molecular flexibility index (Phi) is 4.05. The molecule has 1 aliphatic heterocycles. The Morgan fingerprint density at radius 1 is 1.41 bits per heavy atom. The first-order valence-electron chi connectivity index (χ1n) is 5.96. The average Bonchev–Trinajstić information content (AvgIpc) is 2.29. The molecule has 0 spiro atoms. The van der Waals surface area contributed by atoms with Crippen LogP contribution in [0.15, 0.2) is 28.7 Å². The van der Waals surface area contributed by atoms with Crippen molar-refractivity contribution in [2.45, 2.75) is 19.8 Å². The number of nitrogens with zero attached hydrogens (tertiary/aromatic N) is 1. The molecule has 0 saturated carbocycles. The standard InChI is InChI=1S/C13H17BrN2O/c1-10-5-7-16(8-6-10)13(17)15-12-4-2-3-11(14)9-12/h2-4,9-10H,5-8H2,1H3,(H,15,17). The van der Waals surface area contributed by atoms with Crippen molar-refractivity contribution in [1.29, 1.82) is 0 Å². The average molecular weight is 297 g/mol. The molecule has 1 fully saturated rings. The van der Waals surface area contributed by atoms with Gasteiger partial charge in [-0.15, -0.1) is 0 Å². The number of likely N-dealkylation sites (tertiary alicyclic amines) is 1. The number of carbonyl (C=O) groups excluding carboxylic acids is 1. The third kappa shape index (κ3) is 3.46. The van der Waals surface area contributed by atoms with Gasteiger partial charge in [-0.25, -0.2) is 4.79 Å². The van der Waals surface area contributed by atoms with Crippen molar-refractivity contribution >= 4 is 27.6 Å². The largest absolute Gasteiger partial charge is 0.325 e. The minimum absolute atomic E-state index is 0.00926. The van der Waals surface area contributed by atoms with Gasteiger partial charge in [-0.05, 0) is 37.0 Å². The van der Waals surface area contributed by atoms with E-state index in [2.05, 4.69) is 28.2 Å². The Balaban J connectivity index is 1.93. The summed E-state index contributed by atoms with van der Waals surface area (Å²) >= 11 is 3.39. The summed E-state index contributed by atoms with van der Waals surface area (Å²) in [6, 6.07) is 7.67. The van der Waals surface area contributed by atoms with Crippen molar-refractivity contribution in [3.05, 3.63) is 28.7 Å². The molecule has 1 saturated heterocycles. The van der Waals surface area contributed by atoms with Gasteiger partial charge in [-0.1, -0.05) is 28.9 Å². The SMILES string of the molecule is CC1CCN(C(=O)Nc2cccc(Br)c2)CC1. The molecule has 1 aliphatic rings. The molecule has 92 valence electrons. The van der Waals surface area contributed by atoms with Crippen LogP contribution in [0, 0.1) is 5.92 Å². The van der Waals surface area contributed by atoms with Gasteiger partial charge in [0, 0.05) is 23.2 Å². The second kappa shape index (κ2) is 5.54. The topological polar surface area (TPSA) is 32.3 Å². The van der Waals surface area contributed by atoms with Crippen molar-refractivity contribution < 1.29 is 4.79 Å². The summed E-state index contributed by atoms with van der Waals surface area (Å²) in [5, 5.41) is 2.92. The van der Waals surface area contributed by atoms with E-state index in [4.69, 9.17) is 0 Å². The highest BCUT2D eigenvalue weighted by atomic mass is 79.9. The van der Waals surface area contributed by atoms with Gasteiger partial charge in [0.1, 0.15) is 0 Å². The van der Waals surface area contributed by atoms with Gasteiger partial charge < -0.3 is 10.2 Å². The minimum atomic E-state index is 0.00926. The van der Waals surface area contributed by atoms with Gasteiger partial charge in [0.15, 0.2) is 0 Å². The molecular weight excluding hydrogens is 280 g/mol. The van der Waals surface area contributed by atoms with E-state index in [-0.39, 0.29) is 6.03 Å². The van der Waals surface area contributed by atoms with Crippen molar-refractivity contribution in [1.82, 2.24) is 4.90 Å². The van der Waals surface area contributed by atoms with E-state index in [1.165, 1.54) is 0 Å². The number of hydrogen-bond donors (Lipinski definition) is 1. The molecule has 0 radical (unpaired) electrons. The normalized spacial score (nSPS) is 16.9. The number of benzene rings is 1. The summed E-state index contributed by atoms with van der Waals surface area (Å²) in [7, 11) is 0. The summed E-state index contributed by atoms with van der Waals surface area (Å²) in [4.78, 5) is 13.9. The molecule has 1 N–H and O–H groups in total. The zero-order valence-electron chi connectivity index (χ0n) is 9.95. The quantitative estimate of drug-likeness (QED) is 0.842. The molecule has 1 aromatic carbocycles. The molecule has 2 rings (SSSR count). The van der Waals surface area contributed by atoms with Crippen LogP contribution >= 0.6 is 15.9 Å². The Bertz CT molecular complexity index is 400. The van der Waals surface area contributed by atoms with Crippen LogP contribution in [-0.2, 0) is 0 Å². The molecular formula is C13H17BrN2O. The molecule has 4 heteroatoms. The van der Waals surface area contributed by atoms with E-state index in [1.807, 2.05) is 29.2 Å². The van der Waals surface area contributed by atoms with Crippen LogP contribution in [0.5, 0.6) is 0 Å². The van der Waals surface area contributed by atoms with E-state index < -0.39 is 0 Å². The number of hydrogen-bond acceptors (Lipinski definition) is 1. The van der Waals surface area contributed by atoms with E-state index >= 15 is 0 Å². The van der Waals surface area contributed by atoms with Gasteiger partial charge in [-0.2, -0.15) is 0 Å². The third-order valence-corrected chi connectivity index (χ3v) is 3.64. The van der Waals surface area contributed by atoms with Gasteiger partial charge >= 0.3 is 6.03 Å². The first kappa shape index (κ1) is 12.4. The fourth-order valence-electron chi connectivity index (χ4n) is 1.98. The molecule has 1 heterocycles. The molecule has 1 aromatic rings. The number of anilines is 1. The summed E-state index contributed by atoms with van der Waals surface area (Å²) in [5.41, 5.74) is 0.836. The smallest absolute Gasteiger partial charge is 0.321 e. The highest BCUT2D eigenvalue weighted by Gasteiger charge is 2.20. The molecule has 3 nitrogen and oxygen atoms in total. The Morgan fingerprint density at radius 3 is 2.76 bits per heavy atom. The number of halogens is 1. The van der Waals surface area contributed by atoms with E-state index in [0.717, 1.165) is 42.0 Å². The maximum atomic E-state index is 12.0. The maximum absolute atomic E-state index is 12.0. The third-order valence-electron chi connectivity index (χ3n) is 3.15. The maximum Gasteiger partial charge on any atom is 0.321 e. The lowest BCUT2D eigenvalue weighted by molar-refractivity contribution is 0.186. The second-order valence-electron chi connectivity index (χ2n) is 4.61. The monoisotopic (exact) mass is 296 g/mol. The predicted molar refractivity (Wildman–Crippen MR) is 73.1 cm³/mol. The zero-order chi connectivity index (χ0) is 12.3. The fourth-order valence-corrected chi connectivity index (χ4v) is 2.38. The second-order valence-corrected chi connectivity index (χ2v) is 5.53. The van der Waals surface area contributed by atoms with Crippen LogP contribution < -0.4 is 5.32 Å². The number of piperidine rings is 1. The summed E-state index contributed by atoms with van der Waals surface area (Å²) < 4.78 is 0.975. The number of amides is 2. The molecule has 2 amide bonds. The number of rotatable bonds is 1. The Labute approximate surface area is 110 Å². The highest BCUT2D eigenvalue weighted by Crippen LogP contribution is 2.19. The van der Waals surface area contributed by atoms with Gasteiger partial charge in [0.05, 0.1) is 0 Å². The van der Waals surface area contributed by atoms with Gasteiger partial charge in [-0.3, -0.25) is 0 Å². The lowest BCUT2D eigenvalue weighted by Gasteiger charge is -2.30. The summed E-state index contributed by atoms with van der Waals surface area (Å²) in [6.45, 7) is 3.96. The van der Waals surface area contributed by atoms with E-state index in [1.54, 1.807) is 0 Å². The van der Waals surface area contributed by atoms with Crippen molar-refractivity contribution in [3.8, 4) is 0 Å². The van der Waals surface area contributed by atoms with Crippen molar-refractivity contribution in [3.63, 3.8) is 0 Å². The van der Waals surface area contributed by atoms with Crippen molar-refractivity contribution in [2.24, 2.45) is 5.92 Å². The lowest BCUT2D eigenvalue weighted by atomic mass is 10.00. The van der Waals surface area contributed by atoms with Crippen molar-refractivity contribution in [2.75, 3.05) is 18.4 Å². The highest BCUT2D eigenvalue weighted by molar-refractivity contribution is 9.10. The predicted octanol–water partition coefficient (Wildman–Crippen LogP) is 3.71. The molecule has 0 atom stereocenters. The van der Waals surface area contributed by atoms with Crippen LogP contribution in [0.2, 0.25) is 0 Å². The Morgan fingerprint density at radius 2 is 2.12 bits per heavy atom. The molecule has 0 unspecified atom stereocenters. The lowest BCUT2D eigenvalue weighted by Crippen LogP contribution is -2.40. The zero-order valence-corrected chi connectivity index (χ0v) is 11.5. The number of carbonyl (C=O) groups is 1. The minimum Gasteiger partial charge on any atom is -0.325 e. The molecule has 0 bridgehead atoms. The van der Waals surface area contributed by atoms with Gasteiger partial charge in [0.25, 0.3) is 0 Å². The summed E-state index contributed by atoms with van der Waals surface area (Å²) in [6.07, 6.45) is 2.21. The number of nitrogens with one attached hydrogen (secondary N) is 1. The van der Waals surface area contributed by atoms with Crippen LogP contribution in [0.1, 0.15) is 19.8 Å². The van der Waals surface area contributed by atoms with E-state index in [9.17, 15) is 4.79 Å². The number of urea groups is 1. The fraction of sp³-hybridized carbons (Fsp3) is 0.462. The van der Waals surface area contributed by atoms with Crippen LogP contribution in [-0.4, -0.2) is 24.0 Å². The van der Waals surface area contributed by atoms with Crippen LogP contribution in [0.25, 0.3) is 0 Å². The van der Waals surface area contributed by atoms with Gasteiger partial charge in [0.2, 0.25) is 0 Å². The first-order chi connectivity index (χ1) is 8.15. The van der Waals surface area contributed by atoms with E-state index in [0.29, 0.717) is 0 Å².